The molecular weight excluding hydrogens is 282 g/mol. The van der Waals surface area contributed by atoms with Crippen LogP contribution in [-0.4, -0.2) is 11.0 Å². The Hall–Kier alpha value is -3.05. The van der Waals surface area contributed by atoms with Gasteiger partial charge in [0.1, 0.15) is 0 Å². The number of carboxylic acid groups (broad SMARTS) is 1. The highest BCUT2D eigenvalue weighted by Gasteiger charge is 2.16. The van der Waals surface area contributed by atoms with Crippen LogP contribution in [-0.2, 0) is 9.94 Å². The zero-order valence-electron chi connectivity index (χ0n) is 11.4. The van der Waals surface area contributed by atoms with Crippen LogP contribution in [0.5, 0.6) is 0 Å². The number of carbonyl (C=O) groups excluding carboxylic acids is 1. The van der Waals surface area contributed by atoms with Crippen molar-refractivity contribution in [2.45, 2.75) is 0 Å². The number of hydrogen-bond acceptors (Lipinski definition) is 4. The minimum absolute atomic E-state index is 0.0676. The predicted molar refractivity (Wildman–Crippen MR) is 76.8 cm³/mol. The Labute approximate surface area is 127 Å². The van der Waals surface area contributed by atoms with Gasteiger partial charge in [-0.3, -0.25) is 0 Å². The van der Waals surface area contributed by atoms with Gasteiger partial charge in [0, 0.05) is 11.1 Å². The molecule has 0 aromatic heterocycles. The second kappa shape index (κ2) is 5.75. The normalized spacial score (nSPS) is 14.0. The molecule has 0 N–H and O–H groups in total. The van der Waals surface area contributed by atoms with Crippen LogP contribution < -0.4 is 5.11 Å². The summed E-state index contributed by atoms with van der Waals surface area (Å²) in [4.78, 5) is 10.8. The number of hydroxylamine groups is 2. The standard InChI is InChI=1S/C17H12NO4/c19-17(20)14-8-6-13(7-9-14)16-11-18(21)10-15(22-16)12-4-2-1-3-5-12/h1-11H,(H,19,20)/p-1. The van der Waals surface area contributed by atoms with E-state index >= 15 is 0 Å². The van der Waals surface area contributed by atoms with Crippen molar-refractivity contribution in [3.63, 3.8) is 0 Å². The highest BCUT2D eigenvalue weighted by Crippen LogP contribution is 2.29. The highest BCUT2D eigenvalue weighted by molar-refractivity contribution is 5.86. The van der Waals surface area contributed by atoms with Crippen molar-refractivity contribution < 1.29 is 19.8 Å². The van der Waals surface area contributed by atoms with E-state index in [0.29, 0.717) is 22.1 Å². The van der Waals surface area contributed by atoms with Crippen molar-refractivity contribution in [2.24, 2.45) is 0 Å². The highest BCUT2D eigenvalue weighted by atomic mass is 16.5. The molecular formula is C17H11NO4-. The average molecular weight is 293 g/mol. The van der Waals surface area contributed by atoms with Gasteiger partial charge in [-0.05, 0) is 5.56 Å². The molecule has 3 rings (SSSR count). The fraction of sp³-hybridized carbons (Fsp3) is 0. The lowest BCUT2D eigenvalue weighted by Crippen LogP contribution is -2.22. The zero-order chi connectivity index (χ0) is 15.5. The van der Waals surface area contributed by atoms with E-state index in [1.807, 2.05) is 30.3 Å². The molecule has 2 aromatic carbocycles. The van der Waals surface area contributed by atoms with E-state index in [-0.39, 0.29) is 5.56 Å². The van der Waals surface area contributed by atoms with Crippen LogP contribution in [0.3, 0.4) is 0 Å². The third-order valence-corrected chi connectivity index (χ3v) is 3.17. The van der Waals surface area contributed by atoms with Gasteiger partial charge in [-0.1, -0.05) is 59.8 Å². The minimum atomic E-state index is -1.25. The Morgan fingerprint density at radius 2 is 1.41 bits per heavy atom. The third kappa shape index (κ3) is 2.84. The molecule has 1 heterocycles. The fourth-order valence-electron chi connectivity index (χ4n) is 2.08. The first-order valence-corrected chi connectivity index (χ1v) is 6.57. The number of ether oxygens (including phenoxy) is 1. The summed E-state index contributed by atoms with van der Waals surface area (Å²) in [7, 11) is 0. The van der Waals surface area contributed by atoms with Gasteiger partial charge in [0.2, 0.25) is 0 Å². The molecule has 0 spiro atoms. The lowest BCUT2D eigenvalue weighted by Gasteiger charge is -2.20. The first kappa shape index (κ1) is 13.9. The summed E-state index contributed by atoms with van der Waals surface area (Å²) in [6.07, 6.45) is 2.63. The molecule has 0 saturated heterocycles. The molecule has 0 unspecified atom stereocenters. The quantitative estimate of drug-likeness (QED) is 0.868. The molecule has 1 aliphatic heterocycles. The molecule has 22 heavy (non-hydrogen) atoms. The number of benzene rings is 2. The van der Waals surface area contributed by atoms with Gasteiger partial charge >= 0.3 is 0 Å². The molecule has 0 bridgehead atoms. The topological polar surface area (TPSA) is 72.5 Å². The minimum Gasteiger partial charge on any atom is -0.545 e. The number of nitrogens with zero attached hydrogens (tertiary/aromatic N) is 1. The molecule has 109 valence electrons. The van der Waals surface area contributed by atoms with E-state index < -0.39 is 5.97 Å². The molecule has 0 atom stereocenters. The fourth-order valence-corrected chi connectivity index (χ4v) is 2.08. The Morgan fingerprint density at radius 3 is 1.95 bits per heavy atom. The molecule has 5 heteroatoms. The Balaban J connectivity index is 1.88. The maximum Gasteiger partial charge on any atom is 0.153 e. The summed E-state index contributed by atoms with van der Waals surface area (Å²) in [5, 5.41) is 23.2. The second-order valence-electron chi connectivity index (χ2n) is 4.68. The molecule has 1 radical (unpaired) electrons. The molecule has 5 nitrogen and oxygen atoms in total. The summed E-state index contributed by atoms with van der Waals surface area (Å²) in [5.41, 5.74) is 1.45. The first-order chi connectivity index (χ1) is 10.6. The predicted octanol–water partition coefficient (Wildman–Crippen LogP) is 2.02. The number of hydrogen-bond donors (Lipinski definition) is 0. The van der Waals surface area contributed by atoms with E-state index in [2.05, 4.69) is 0 Å². The van der Waals surface area contributed by atoms with E-state index in [9.17, 15) is 15.1 Å². The van der Waals surface area contributed by atoms with E-state index in [4.69, 9.17) is 4.74 Å². The van der Waals surface area contributed by atoms with Crippen LogP contribution in [0.4, 0.5) is 0 Å². The van der Waals surface area contributed by atoms with Crippen molar-refractivity contribution in [1.82, 2.24) is 5.06 Å². The lowest BCUT2D eigenvalue weighted by molar-refractivity contribution is -0.255. The van der Waals surface area contributed by atoms with E-state index in [0.717, 1.165) is 5.56 Å². The molecule has 0 aliphatic carbocycles. The zero-order valence-corrected chi connectivity index (χ0v) is 11.4. The van der Waals surface area contributed by atoms with Crippen molar-refractivity contribution >= 4 is 17.5 Å². The van der Waals surface area contributed by atoms with Gasteiger partial charge in [0.15, 0.2) is 11.5 Å². The summed E-state index contributed by atoms with van der Waals surface area (Å²) in [6.45, 7) is 0. The number of carbonyl (C=O) groups is 1. The van der Waals surface area contributed by atoms with E-state index in [1.54, 1.807) is 12.1 Å². The van der Waals surface area contributed by atoms with Crippen LogP contribution in [0.1, 0.15) is 21.5 Å². The summed E-state index contributed by atoms with van der Waals surface area (Å²) in [6, 6.07) is 15.2. The number of rotatable bonds is 3. The van der Waals surface area contributed by atoms with Crippen LogP contribution in [0.2, 0.25) is 0 Å². The SMILES string of the molecule is [O]N1C=C(c2ccccc2)OC(c2ccc(C(=O)[O-])cc2)=C1. The van der Waals surface area contributed by atoms with Gasteiger partial charge in [-0.2, -0.15) is 5.06 Å². The smallest absolute Gasteiger partial charge is 0.153 e. The first-order valence-electron chi connectivity index (χ1n) is 6.57. The Bertz CT molecular complexity index is 748. The monoisotopic (exact) mass is 293 g/mol. The van der Waals surface area contributed by atoms with Gasteiger partial charge in [-0.15, -0.1) is 0 Å². The summed E-state index contributed by atoms with van der Waals surface area (Å²) < 4.78 is 5.75. The molecule has 0 fully saturated rings. The maximum atomic E-state index is 11.8. The lowest BCUT2D eigenvalue weighted by atomic mass is 10.1. The molecule has 0 amide bonds. The maximum absolute atomic E-state index is 11.8. The number of carboxylic acids is 1. The Kier molecular flexibility index (Phi) is 3.64. The van der Waals surface area contributed by atoms with Crippen LogP contribution in [0.25, 0.3) is 11.5 Å². The van der Waals surface area contributed by atoms with Gasteiger partial charge in [0.25, 0.3) is 0 Å². The average Bonchev–Trinajstić information content (AvgIpc) is 2.55. The van der Waals surface area contributed by atoms with Gasteiger partial charge in [0.05, 0.1) is 18.4 Å². The number of aromatic carboxylic acids is 1. The van der Waals surface area contributed by atoms with Crippen molar-refractivity contribution in [3.05, 3.63) is 83.7 Å². The summed E-state index contributed by atoms with van der Waals surface area (Å²) >= 11 is 0. The van der Waals surface area contributed by atoms with Crippen molar-refractivity contribution in [2.75, 3.05) is 0 Å². The van der Waals surface area contributed by atoms with E-state index in [1.165, 1.54) is 24.5 Å². The van der Waals surface area contributed by atoms with Crippen LogP contribution >= 0.6 is 0 Å². The molecule has 1 aliphatic rings. The molecule has 2 aromatic rings. The van der Waals surface area contributed by atoms with Gasteiger partial charge in [-0.25, -0.2) is 0 Å². The Morgan fingerprint density at radius 1 is 0.864 bits per heavy atom. The largest absolute Gasteiger partial charge is 0.545 e. The van der Waals surface area contributed by atoms with Crippen molar-refractivity contribution in [3.8, 4) is 0 Å². The summed E-state index contributed by atoms with van der Waals surface area (Å²) in [5.74, 6) is -0.473. The molecule has 0 saturated carbocycles. The third-order valence-electron chi connectivity index (χ3n) is 3.17. The van der Waals surface area contributed by atoms with Crippen molar-refractivity contribution in [1.29, 1.82) is 0 Å². The van der Waals surface area contributed by atoms with Crippen LogP contribution in [0, 0.1) is 0 Å². The van der Waals surface area contributed by atoms with Gasteiger partial charge < -0.3 is 14.6 Å². The van der Waals surface area contributed by atoms with Crippen LogP contribution in [0.15, 0.2) is 67.0 Å². The second-order valence-corrected chi connectivity index (χ2v) is 4.68.